The Hall–Kier alpha value is -1.43. The highest BCUT2D eigenvalue weighted by atomic mass is 16.5. The number of rotatable bonds is 4. The van der Waals surface area contributed by atoms with Gasteiger partial charge in [-0.1, -0.05) is 18.2 Å². The summed E-state index contributed by atoms with van der Waals surface area (Å²) < 4.78 is 5.53. The largest absolute Gasteiger partial charge is 0.379 e. The molecule has 2 aliphatic rings. The number of benzene rings is 1. The summed E-state index contributed by atoms with van der Waals surface area (Å²) in [5.41, 5.74) is 1.87. The molecule has 0 spiro atoms. The van der Waals surface area contributed by atoms with Gasteiger partial charge in [0, 0.05) is 30.7 Å². The zero-order valence-electron chi connectivity index (χ0n) is 14.9. The number of likely N-dealkylation sites (tertiary alicyclic amines) is 1. The maximum absolute atomic E-state index is 12.6. The van der Waals surface area contributed by atoms with Crippen molar-refractivity contribution in [2.75, 3.05) is 53.0 Å². The predicted molar refractivity (Wildman–Crippen MR) is 95.4 cm³/mol. The molecule has 0 radical (unpaired) electrons. The van der Waals surface area contributed by atoms with E-state index in [0.29, 0.717) is 6.54 Å². The molecule has 0 bridgehead atoms. The number of piperidine rings is 1. The van der Waals surface area contributed by atoms with Crippen LogP contribution in [0.5, 0.6) is 0 Å². The van der Waals surface area contributed by atoms with Crippen molar-refractivity contribution >= 4 is 5.91 Å². The van der Waals surface area contributed by atoms with Gasteiger partial charge in [0.05, 0.1) is 13.2 Å². The molecule has 24 heavy (non-hydrogen) atoms. The van der Waals surface area contributed by atoms with Crippen molar-refractivity contribution in [2.45, 2.75) is 25.3 Å². The molecular weight excluding hydrogens is 302 g/mol. The van der Waals surface area contributed by atoms with Gasteiger partial charge in [-0.25, -0.2) is 0 Å². The Kier molecular flexibility index (Phi) is 5.54. The lowest BCUT2D eigenvalue weighted by Gasteiger charge is -2.49. The molecule has 1 N–H and O–H groups in total. The summed E-state index contributed by atoms with van der Waals surface area (Å²) in [6.45, 7) is 8.38. The van der Waals surface area contributed by atoms with E-state index in [4.69, 9.17) is 4.74 Å². The fraction of sp³-hybridized carbons (Fsp3) is 0.632. The Labute approximate surface area is 145 Å². The van der Waals surface area contributed by atoms with Crippen molar-refractivity contribution in [3.63, 3.8) is 0 Å². The van der Waals surface area contributed by atoms with Crippen LogP contribution >= 0.6 is 0 Å². The number of hydrogen-bond donors (Lipinski definition) is 1. The van der Waals surface area contributed by atoms with Crippen LogP contribution < -0.4 is 5.32 Å². The summed E-state index contributed by atoms with van der Waals surface area (Å²) in [4.78, 5) is 17.6. The third-order valence-corrected chi connectivity index (χ3v) is 5.57. The highest BCUT2D eigenvalue weighted by Gasteiger charge is 2.40. The summed E-state index contributed by atoms with van der Waals surface area (Å²) >= 11 is 0. The van der Waals surface area contributed by atoms with Crippen molar-refractivity contribution in [3.8, 4) is 0 Å². The van der Waals surface area contributed by atoms with Gasteiger partial charge in [-0.05, 0) is 51.5 Å². The van der Waals surface area contributed by atoms with Crippen molar-refractivity contribution in [3.05, 3.63) is 35.4 Å². The van der Waals surface area contributed by atoms with Gasteiger partial charge in [0.25, 0.3) is 5.91 Å². The molecule has 0 unspecified atom stereocenters. The zero-order valence-corrected chi connectivity index (χ0v) is 14.9. The molecule has 132 valence electrons. The molecule has 1 amide bonds. The molecule has 2 fully saturated rings. The van der Waals surface area contributed by atoms with E-state index in [1.54, 1.807) is 0 Å². The molecule has 1 aromatic rings. The fourth-order valence-electron chi connectivity index (χ4n) is 3.84. The van der Waals surface area contributed by atoms with Gasteiger partial charge in [-0.2, -0.15) is 0 Å². The summed E-state index contributed by atoms with van der Waals surface area (Å²) in [6, 6.07) is 7.79. The lowest BCUT2D eigenvalue weighted by atomic mass is 9.85. The summed E-state index contributed by atoms with van der Waals surface area (Å²) in [6.07, 6.45) is 2.19. The Bertz CT molecular complexity index is 561. The number of carbonyl (C=O) groups is 1. The van der Waals surface area contributed by atoms with Gasteiger partial charge >= 0.3 is 0 Å². The second-order valence-corrected chi connectivity index (χ2v) is 7.12. The molecule has 5 nitrogen and oxygen atoms in total. The molecule has 1 aromatic carbocycles. The lowest BCUT2D eigenvalue weighted by Crippen LogP contribution is -2.62. The van der Waals surface area contributed by atoms with Gasteiger partial charge in [0.1, 0.15) is 0 Å². The number of amides is 1. The van der Waals surface area contributed by atoms with E-state index >= 15 is 0 Å². The molecule has 3 rings (SSSR count). The molecule has 0 aliphatic carbocycles. The van der Waals surface area contributed by atoms with Crippen LogP contribution in [0.25, 0.3) is 0 Å². The first-order valence-electron chi connectivity index (χ1n) is 8.96. The molecule has 0 aromatic heterocycles. The average Bonchev–Trinajstić information content (AvgIpc) is 2.62. The number of nitrogens with one attached hydrogen (secondary N) is 1. The highest BCUT2D eigenvalue weighted by molar-refractivity contribution is 5.95. The fourth-order valence-corrected chi connectivity index (χ4v) is 3.84. The second kappa shape index (κ2) is 7.64. The smallest absolute Gasteiger partial charge is 0.251 e. The topological polar surface area (TPSA) is 44.8 Å². The maximum Gasteiger partial charge on any atom is 0.251 e. The van der Waals surface area contributed by atoms with E-state index in [1.165, 1.54) is 0 Å². The third-order valence-electron chi connectivity index (χ3n) is 5.57. The van der Waals surface area contributed by atoms with Crippen molar-refractivity contribution in [2.24, 2.45) is 0 Å². The van der Waals surface area contributed by atoms with Crippen LogP contribution in [0.3, 0.4) is 0 Å². The van der Waals surface area contributed by atoms with E-state index in [0.717, 1.165) is 63.4 Å². The standard InChI is InChI=1S/C19H29N3O2/c1-16-5-3-4-6-17(16)18(23)20-15-19(7-9-21(2)10-8-19)22-11-13-24-14-12-22/h3-6H,7-15H2,1-2H3,(H,20,23). The van der Waals surface area contributed by atoms with Gasteiger partial charge in [-0.3, -0.25) is 9.69 Å². The molecule has 2 saturated heterocycles. The number of aryl methyl sites for hydroxylation is 1. The van der Waals surface area contributed by atoms with Crippen LogP contribution in [-0.4, -0.2) is 74.2 Å². The number of morpholine rings is 1. The third kappa shape index (κ3) is 3.79. The van der Waals surface area contributed by atoms with Gasteiger partial charge in [0.2, 0.25) is 0 Å². The maximum atomic E-state index is 12.6. The SMILES string of the molecule is Cc1ccccc1C(=O)NCC1(N2CCOCC2)CCN(C)CC1. The summed E-state index contributed by atoms with van der Waals surface area (Å²) in [5.74, 6) is 0.0414. The van der Waals surface area contributed by atoms with Gasteiger partial charge in [0.15, 0.2) is 0 Å². The molecule has 2 heterocycles. The molecular formula is C19H29N3O2. The number of carbonyl (C=O) groups excluding carboxylic acids is 1. The van der Waals surface area contributed by atoms with E-state index in [1.807, 2.05) is 31.2 Å². The van der Waals surface area contributed by atoms with Crippen LogP contribution in [0.4, 0.5) is 0 Å². The molecule has 5 heteroatoms. The highest BCUT2D eigenvalue weighted by Crippen LogP contribution is 2.29. The van der Waals surface area contributed by atoms with E-state index in [-0.39, 0.29) is 11.4 Å². The molecule has 2 aliphatic heterocycles. The van der Waals surface area contributed by atoms with Crippen molar-refractivity contribution in [1.82, 2.24) is 15.1 Å². The molecule has 0 saturated carbocycles. The first-order chi connectivity index (χ1) is 11.6. The predicted octanol–water partition coefficient (Wildman–Crippen LogP) is 1.52. The minimum Gasteiger partial charge on any atom is -0.379 e. The van der Waals surface area contributed by atoms with Crippen LogP contribution in [0.2, 0.25) is 0 Å². The van der Waals surface area contributed by atoms with Crippen LogP contribution in [-0.2, 0) is 4.74 Å². The monoisotopic (exact) mass is 331 g/mol. The van der Waals surface area contributed by atoms with Crippen molar-refractivity contribution < 1.29 is 9.53 Å². The Morgan fingerprint density at radius 1 is 1.17 bits per heavy atom. The minimum absolute atomic E-state index is 0.0414. The number of hydrogen-bond acceptors (Lipinski definition) is 4. The first kappa shape index (κ1) is 17.4. The second-order valence-electron chi connectivity index (χ2n) is 7.12. The quantitative estimate of drug-likeness (QED) is 0.909. The zero-order chi connectivity index (χ0) is 17.0. The lowest BCUT2D eigenvalue weighted by molar-refractivity contribution is -0.0439. The molecule has 0 atom stereocenters. The average molecular weight is 331 g/mol. The number of nitrogens with zero attached hydrogens (tertiary/aromatic N) is 2. The van der Waals surface area contributed by atoms with E-state index < -0.39 is 0 Å². The summed E-state index contributed by atoms with van der Waals surface area (Å²) in [7, 11) is 2.18. The van der Waals surface area contributed by atoms with E-state index in [9.17, 15) is 4.79 Å². The van der Waals surface area contributed by atoms with Crippen molar-refractivity contribution in [1.29, 1.82) is 0 Å². The summed E-state index contributed by atoms with van der Waals surface area (Å²) in [5, 5.41) is 3.22. The van der Waals surface area contributed by atoms with Gasteiger partial charge in [-0.15, -0.1) is 0 Å². The minimum atomic E-state index is 0.0414. The number of ether oxygens (including phenoxy) is 1. The normalized spacial score (nSPS) is 22.2. The Morgan fingerprint density at radius 2 is 1.83 bits per heavy atom. The first-order valence-corrected chi connectivity index (χ1v) is 8.96. The Balaban J connectivity index is 1.70. The van der Waals surface area contributed by atoms with Gasteiger partial charge < -0.3 is 15.0 Å². The van der Waals surface area contributed by atoms with Crippen LogP contribution in [0.15, 0.2) is 24.3 Å². The van der Waals surface area contributed by atoms with Crippen LogP contribution in [0.1, 0.15) is 28.8 Å². The van der Waals surface area contributed by atoms with Crippen LogP contribution in [0, 0.1) is 6.92 Å². The Morgan fingerprint density at radius 3 is 2.50 bits per heavy atom. The van der Waals surface area contributed by atoms with E-state index in [2.05, 4.69) is 22.2 Å².